The van der Waals surface area contributed by atoms with Crippen molar-refractivity contribution >= 4 is 16.6 Å². The summed E-state index contributed by atoms with van der Waals surface area (Å²) in [6.45, 7) is 3.44. The number of hydrogen-bond acceptors (Lipinski definition) is 6. The predicted molar refractivity (Wildman–Crippen MR) is 126 cm³/mol. The monoisotopic (exact) mass is 433 g/mol. The molecule has 0 saturated carbocycles. The second-order valence-electron chi connectivity index (χ2n) is 7.63. The SMILES string of the molecule is CC#CCO/N=C1/c2cc(OC)c(OC)cc2-c2[nH]c3ccc(OCCN(C)C)cc3c21. The van der Waals surface area contributed by atoms with E-state index in [1.807, 2.05) is 44.4 Å². The van der Waals surface area contributed by atoms with E-state index in [1.165, 1.54) is 0 Å². The van der Waals surface area contributed by atoms with Crippen LogP contribution in [0.2, 0.25) is 0 Å². The second kappa shape index (κ2) is 9.25. The van der Waals surface area contributed by atoms with E-state index in [1.54, 1.807) is 21.1 Å². The highest BCUT2D eigenvalue weighted by Gasteiger charge is 2.32. The van der Waals surface area contributed by atoms with Crippen molar-refractivity contribution < 1.29 is 19.0 Å². The number of H-pyrrole nitrogens is 1. The number of oxime groups is 1. The maximum absolute atomic E-state index is 5.97. The summed E-state index contributed by atoms with van der Waals surface area (Å²) < 4.78 is 17.0. The van der Waals surface area contributed by atoms with Crippen LogP contribution in [0.4, 0.5) is 0 Å². The molecule has 0 atom stereocenters. The first-order valence-electron chi connectivity index (χ1n) is 10.4. The molecular weight excluding hydrogens is 406 g/mol. The Morgan fingerprint density at radius 1 is 1.03 bits per heavy atom. The Hall–Kier alpha value is -3.63. The molecule has 7 heteroatoms. The quantitative estimate of drug-likeness (QED) is 0.259. The first kappa shape index (κ1) is 21.6. The number of aromatic nitrogens is 1. The van der Waals surface area contributed by atoms with E-state index < -0.39 is 0 Å². The van der Waals surface area contributed by atoms with Crippen LogP contribution >= 0.6 is 0 Å². The number of rotatable bonds is 8. The fourth-order valence-corrected chi connectivity index (χ4v) is 3.77. The number of aromatic amines is 1. The second-order valence-corrected chi connectivity index (χ2v) is 7.63. The topological polar surface area (TPSA) is 68.3 Å². The molecule has 1 aliphatic carbocycles. The van der Waals surface area contributed by atoms with E-state index >= 15 is 0 Å². The lowest BCUT2D eigenvalue weighted by molar-refractivity contribution is 0.180. The zero-order valence-corrected chi connectivity index (χ0v) is 19.0. The van der Waals surface area contributed by atoms with Gasteiger partial charge in [-0.3, -0.25) is 0 Å². The van der Waals surface area contributed by atoms with Gasteiger partial charge < -0.3 is 28.9 Å². The molecule has 1 N–H and O–H groups in total. The van der Waals surface area contributed by atoms with E-state index in [9.17, 15) is 0 Å². The number of ether oxygens (including phenoxy) is 3. The van der Waals surface area contributed by atoms with Crippen molar-refractivity contribution in [3.63, 3.8) is 0 Å². The molecule has 1 aromatic heterocycles. The van der Waals surface area contributed by atoms with Gasteiger partial charge in [0, 0.05) is 34.1 Å². The first-order chi connectivity index (χ1) is 15.6. The number of nitrogens with zero attached hydrogens (tertiary/aromatic N) is 2. The molecule has 0 amide bonds. The van der Waals surface area contributed by atoms with Crippen LogP contribution in [-0.2, 0) is 4.84 Å². The normalized spacial score (nSPS) is 13.0. The minimum absolute atomic E-state index is 0.221. The molecule has 0 saturated heterocycles. The number of nitrogens with one attached hydrogen (secondary N) is 1. The van der Waals surface area contributed by atoms with Gasteiger partial charge in [0.2, 0.25) is 0 Å². The third-order valence-corrected chi connectivity index (χ3v) is 5.33. The molecule has 0 spiro atoms. The molecule has 1 aliphatic rings. The van der Waals surface area contributed by atoms with Crippen molar-refractivity contribution in [2.24, 2.45) is 5.16 Å². The van der Waals surface area contributed by atoms with Crippen molar-refractivity contribution in [3.8, 4) is 40.3 Å². The van der Waals surface area contributed by atoms with Gasteiger partial charge in [0.1, 0.15) is 18.1 Å². The summed E-state index contributed by atoms with van der Waals surface area (Å²) in [5, 5.41) is 5.48. The van der Waals surface area contributed by atoms with Crippen LogP contribution in [0.5, 0.6) is 17.2 Å². The maximum atomic E-state index is 5.97. The summed E-state index contributed by atoms with van der Waals surface area (Å²) in [6.07, 6.45) is 0. The smallest absolute Gasteiger partial charge is 0.177 e. The van der Waals surface area contributed by atoms with Crippen molar-refractivity contribution in [2.45, 2.75) is 6.92 Å². The zero-order valence-electron chi connectivity index (χ0n) is 19.0. The number of methoxy groups -OCH3 is 2. The highest BCUT2D eigenvalue weighted by atomic mass is 16.6. The first-order valence-corrected chi connectivity index (χ1v) is 10.4. The number of fused-ring (bicyclic) bond motifs is 5. The number of likely N-dealkylation sites (N-methyl/N-ethyl adjacent to an activating group) is 1. The predicted octanol–water partition coefficient (Wildman–Crippen LogP) is 3.90. The van der Waals surface area contributed by atoms with Crippen molar-refractivity contribution in [2.75, 3.05) is 48.1 Å². The molecule has 166 valence electrons. The average molecular weight is 434 g/mol. The van der Waals surface area contributed by atoms with Gasteiger partial charge in [0.05, 0.1) is 19.9 Å². The molecule has 7 nitrogen and oxygen atoms in total. The molecule has 0 bridgehead atoms. The molecule has 2 aromatic carbocycles. The third-order valence-electron chi connectivity index (χ3n) is 5.33. The van der Waals surface area contributed by atoms with Gasteiger partial charge in [-0.15, -0.1) is 5.92 Å². The van der Waals surface area contributed by atoms with Crippen LogP contribution in [0, 0.1) is 11.8 Å². The van der Waals surface area contributed by atoms with E-state index in [4.69, 9.17) is 19.0 Å². The summed E-state index contributed by atoms with van der Waals surface area (Å²) in [7, 11) is 7.30. The van der Waals surface area contributed by atoms with Crippen molar-refractivity contribution in [3.05, 3.63) is 41.5 Å². The Balaban J connectivity index is 1.83. The Morgan fingerprint density at radius 3 is 2.47 bits per heavy atom. The van der Waals surface area contributed by atoms with Gasteiger partial charge in [0.15, 0.2) is 18.1 Å². The van der Waals surface area contributed by atoms with Gasteiger partial charge in [-0.25, -0.2) is 0 Å². The van der Waals surface area contributed by atoms with E-state index in [-0.39, 0.29) is 6.61 Å². The van der Waals surface area contributed by atoms with E-state index in [2.05, 4.69) is 26.9 Å². The van der Waals surface area contributed by atoms with Crippen molar-refractivity contribution in [1.29, 1.82) is 0 Å². The lowest BCUT2D eigenvalue weighted by Crippen LogP contribution is -2.19. The van der Waals surface area contributed by atoms with Gasteiger partial charge in [-0.2, -0.15) is 0 Å². The molecule has 32 heavy (non-hydrogen) atoms. The Morgan fingerprint density at radius 2 is 1.78 bits per heavy atom. The summed E-state index contributed by atoms with van der Waals surface area (Å²) in [4.78, 5) is 11.2. The minimum atomic E-state index is 0.221. The molecular formula is C25H27N3O4. The fraction of sp³-hybridized carbons (Fsp3) is 0.320. The van der Waals surface area contributed by atoms with E-state index in [0.717, 1.165) is 51.3 Å². The molecule has 3 aromatic rings. The van der Waals surface area contributed by atoms with E-state index in [0.29, 0.717) is 18.1 Å². The summed E-state index contributed by atoms with van der Waals surface area (Å²) in [5.74, 6) is 7.79. The van der Waals surface area contributed by atoms with Crippen LogP contribution in [-0.4, -0.2) is 63.7 Å². The van der Waals surface area contributed by atoms with Gasteiger partial charge in [-0.05, 0) is 51.4 Å². The molecule has 1 heterocycles. The fourth-order valence-electron chi connectivity index (χ4n) is 3.77. The minimum Gasteiger partial charge on any atom is -0.493 e. The summed E-state index contributed by atoms with van der Waals surface area (Å²) in [6, 6.07) is 9.94. The van der Waals surface area contributed by atoms with Gasteiger partial charge in [0.25, 0.3) is 0 Å². The number of hydrogen-bond donors (Lipinski definition) is 1. The molecule has 0 fully saturated rings. The Labute approximate surface area is 187 Å². The van der Waals surface area contributed by atoms with Crippen molar-refractivity contribution in [1.82, 2.24) is 9.88 Å². The summed E-state index contributed by atoms with van der Waals surface area (Å²) >= 11 is 0. The molecule has 0 unspecified atom stereocenters. The number of benzene rings is 2. The maximum Gasteiger partial charge on any atom is 0.177 e. The van der Waals surface area contributed by atoms with Crippen LogP contribution in [0.1, 0.15) is 18.1 Å². The van der Waals surface area contributed by atoms with Crippen LogP contribution in [0.15, 0.2) is 35.5 Å². The van der Waals surface area contributed by atoms with Crippen LogP contribution < -0.4 is 14.2 Å². The Bertz CT molecular complexity index is 1230. The largest absolute Gasteiger partial charge is 0.493 e. The lowest BCUT2D eigenvalue weighted by atomic mass is 10.1. The van der Waals surface area contributed by atoms with Gasteiger partial charge in [-0.1, -0.05) is 11.1 Å². The summed E-state index contributed by atoms with van der Waals surface area (Å²) in [5.41, 5.74) is 5.54. The highest BCUT2D eigenvalue weighted by molar-refractivity contribution is 6.30. The standard InChI is InChI=1S/C25H27N3O4/c1-6-7-11-32-27-25-18-15-22(30-5)21(29-4)14-17(18)24-23(25)19-13-16(8-9-20(19)26-24)31-12-10-28(2)3/h8-9,13-15,26H,10-12H2,1-5H3/b27-25-. The molecule has 0 radical (unpaired) electrons. The lowest BCUT2D eigenvalue weighted by Gasteiger charge is -2.12. The van der Waals surface area contributed by atoms with Gasteiger partial charge >= 0.3 is 0 Å². The van der Waals surface area contributed by atoms with Crippen LogP contribution in [0.3, 0.4) is 0 Å². The zero-order chi connectivity index (χ0) is 22.7. The Kier molecular flexibility index (Phi) is 6.24. The van der Waals surface area contributed by atoms with Crippen LogP contribution in [0.25, 0.3) is 22.2 Å². The highest BCUT2D eigenvalue weighted by Crippen LogP contribution is 2.45. The molecule has 4 rings (SSSR count). The molecule has 0 aliphatic heterocycles. The average Bonchev–Trinajstić information content (AvgIpc) is 3.30. The third kappa shape index (κ3) is 3.97.